The van der Waals surface area contributed by atoms with Crippen LogP contribution in [0.1, 0.15) is 43.5 Å². The van der Waals surface area contributed by atoms with Gasteiger partial charge in [0.1, 0.15) is 5.82 Å². The summed E-state index contributed by atoms with van der Waals surface area (Å²) < 4.78 is 3.26. The maximum atomic E-state index is 4.83. The lowest BCUT2D eigenvalue weighted by Gasteiger charge is -2.26. The summed E-state index contributed by atoms with van der Waals surface area (Å²) in [5.41, 5.74) is 2.44. The predicted molar refractivity (Wildman–Crippen MR) is 84.0 cm³/mol. The van der Waals surface area contributed by atoms with Gasteiger partial charge in [0.2, 0.25) is 0 Å². The fourth-order valence-corrected chi connectivity index (χ4v) is 3.29. The first-order chi connectivity index (χ1) is 9.81. The van der Waals surface area contributed by atoms with Gasteiger partial charge in [-0.25, -0.2) is 4.68 Å². The van der Waals surface area contributed by atoms with Crippen molar-refractivity contribution in [2.45, 2.75) is 38.6 Å². The van der Waals surface area contributed by atoms with Crippen LogP contribution in [-0.2, 0) is 6.42 Å². The van der Waals surface area contributed by atoms with Crippen molar-refractivity contribution in [3.8, 4) is 0 Å². The Bertz CT molecular complexity index is 579. The average molecular weight is 335 g/mol. The maximum absolute atomic E-state index is 4.83. The third-order valence-electron chi connectivity index (χ3n) is 3.78. The number of halogens is 1. The topological polar surface area (TPSA) is 42.7 Å². The van der Waals surface area contributed by atoms with Gasteiger partial charge in [-0.1, -0.05) is 13.3 Å². The van der Waals surface area contributed by atoms with Crippen molar-refractivity contribution in [1.29, 1.82) is 0 Å². The van der Waals surface area contributed by atoms with Crippen LogP contribution in [0, 0.1) is 0 Å². The Labute approximate surface area is 127 Å². The van der Waals surface area contributed by atoms with E-state index >= 15 is 0 Å². The van der Waals surface area contributed by atoms with E-state index in [0.29, 0.717) is 6.04 Å². The number of aryl methyl sites for hydroxylation is 1. The number of pyridine rings is 1. The molecule has 0 saturated carbocycles. The minimum Gasteiger partial charge on any atom is -0.369 e. The van der Waals surface area contributed by atoms with Crippen LogP contribution < -0.4 is 5.32 Å². The number of rotatable bonds is 4. The molecule has 5 heteroatoms. The van der Waals surface area contributed by atoms with Gasteiger partial charge in [-0.3, -0.25) is 4.98 Å². The molecular weight excluding hydrogens is 316 g/mol. The highest BCUT2D eigenvalue weighted by Gasteiger charge is 2.26. The van der Waals surface area contributed by atoms with Crippen molar-refractivity contribution < 1.29 is 0 Å². The van der Waals surface area contributed by atoms with E-state index in [0.717, 1.165) is 35.4 Å². The van der Waals surface area contributed by atoms with Gasteiger partial charge < -0.3 is 5.32 Å². The standard InChI is InChI=1S/C15H19BrN4/c1-2-3-4-12-14(16)15-18-10-7-13(20(15)19-12)11-5-8-17-9-6-11/h5-6,8-9,13,18H,2-4,7,10H2,1H3. The van der Waals surface area contributed by atoms with Crippen molar-refractivity contribution in [2.75, 3.05) is 11.9 Å². The van der Waals surface area contributed by atoms with Crippen molar-refractivity contribution in [1.82, 2.24) is 14.8 Å². The van der Waals surface area contributed by atoms with Gasteiger partial charge in [0.05, 0.1) is 16.2 Å². The molecule has 0 saturated heterocycles. The third-order valence-corrected chi connectivity index (χ3v) is 4.62. The highest BCUT2D eigenvalue weighted by atomic mass is 79.9. The Kier molecular flexibility index (Phi) is 4.05. The number of anilines is 1. The van der Waals surface area contributed by atoms with E-state index in [1.165, 1.54) is 18.4 Å². The fourth-order valence-electron chi connectivity index (χ4n) is 2.69. The van der Waals surface area contributed by atoms with Crippen LogP contribution in [0.2, 0.25) is 0 Å². The van der Waals surface area contributed by atoms with Gasteiger partial charge in [-0.2, -0.15) is 5.10 Å². The smallest absolute Gasteiger partial charge is 0.139 e. The molecule has 20 heavy (non-hydrogen) atoms. The zero-order chi connectivity index (χ0) is 13.9. The van der Waals surface area contributed by atoms with Crippen molar-refractivity contribution >= 4 is 21.7 Å². The minimum absolute atomic E-state index is 0.306. The minimum atomic E-state index is 0.306. The summed E-state index contributed by atoms with van der Waals surface area (Å²) in [6, 6.07) is 4.48. The molecule has 2 aromatic rings. The molecule has 1 unspecified atom stereocenters. The normalized spacial score (nSPS) is 17.6. The summed E-state index contributed by atoms with van der Waals surface area (Å²) in [5, 5.41) is 8.30. The molecule has 4 nitrogen and oxygen atoms in total. The summed E-state index contributed by atoms with van der Waals surface area (Å²) >= 11 is 3.71. The van der Waals surface area contributed by atoms with E-state index in [2.05, 4.69) is 50.0 Å². The second-order valence-electron chi connectivity index (χ2n) is 5.17. The number of aromatic nitrogens is 3. The summed E-state index contributed by atoms with van der Waals surface area (Å²) in [7, 11) is 0. The van der Waals surface area contributed by atoms with E-state index < -0.39 is 0 Å². The summed E-state index contributed by atoms with van der Waals surface area (Å²) in [5.74, 6) is 1.11. The van der Waals surface area contributed by atoms with Gasteiger partial charge in [-0.15, -0.1) is 0 Å². The van der Waals surface area contributed by atoms with Crippen molar-refractivity contribution in [3.05, 3.63) is 40.3 Å². The molecule has 0 aromatic carbocycles. The molecule has 0 radical (unpaired) electrons. The van der Waals surface area contributed by atoms with Crippen molar-refractivity contribution in [2.24, 2.45) is 0 Å². The number of hydrogen-bond acceptors (Lipinski definition) is 3. The molecule has 1 atom stereocenters. The fraction of sp³-hybridized carbons (Fsp3) is 0.467. The van der Waals surface area contributed by atoms with Crippen LogP contribution in [-0.4, -0.2) is 21.3 Å². The van der Waals surface area contributed by atoms with Crippen molar-refractivity contribution in [3.63, 3.8) is 0 Å². The molecule has 0 spiro atoms. The highest BCUT2D eigenvalue weighted by molar-refractivity contribution is 9.10. The molecule has 0 aliphatic carbocycles. The molecule has 3 heterocycles. The largest absolute Gasteiger partial charge is 0.369 e. The Morgan fingerprint density at radius 3 is 2.95 bits per heavy atom. The van der Waals surface area contributed by atoms with Gasteiger partial charge in [-0.05, 0) is 52.9 Å². The number of fused-ring (bicyclic) bond motifs is 1. The third kappa shape index (κ3) is 2.46. The Morgan fingerprint density at radius 1 is 1.40 bits per heavy atom. The SMILES string of the molecule is CCCCc1nn2c(c1Br)NCCC2c1ccncc1. The lowest BCUT2D eigenvalue weighted by Crippen LogP contribution is -2.24. The molecule has 106 valence electrons. The first-order valence-corrected chi connectivity index (χ1v) is 8.01. The Morgan fingerprint density at radius 2 is 2.20 bits per heavy atom. The lowest BCUT2D eigenvalue weighted by molar-refractivity contribution is 0.477. The molecule has 0 bridgehead atoms. The number of hydrogen-bond donors (Lipinski definition) is 1. The van der Waals surface area contributed by atoms with Crippen LogP contribution in [0.5, 0.6) is 0 Å². The van der Waals surface area contributed by atoms with E-state index in [1.54, 1.807) is 0 Å². The van der Waals surface area contributed by atoms with Gasteiger partial charge in [0, 0.05) is 18.9 Å². The van der Waals surface area contributed by atoms with Crippen LogP contribution in [0.4, 0.5) is 5.82 Å². The molecule has 0 fully saturated rings. The summed E-state index contributed by atoms with van der Waals surface area (Å²) in [4.78, 5) is 4.10. The molecule has 2 aromatic heterocycles. The van der Waals surface area contributed by atoms with Gasteiger partial charge >= 0.3 is 0 Å². The first-order valence-electron chi connectivity index (χ1n) is 7.22. The Balaban J connectivity index is 1.96. The van der Waals surface area contributed by atoms with E-state index in [9.17, 15) is 0 Å². The molecule has 3 rings (SSSR count). The zero-order valence-corrected chi connectivity index (χ0v) is 13.2. The maximum Gasteiger partial charge on any atom is 0.139 e. The van der Waals surface area contributed by atoms with Crippen LogP contribution >= 0.6 is 15.9 Å². The lowest BCUT2D eigenvalue weighted by atomic mass is 10.0. The zero-order valence-electron chi connectivity index (χ0n) is 11.6. The average Bonchev–Trinajstić information content (AvgIpc) is 2.83. The number of nitrogens with one attached hydrogen (secondary N) is 1. The molecule has 1 aliphatic heterocycles. The van der Waals surface area contributed by atoms with Crippen LogP contribution in [0.3, 0.4) is 0 Å². The van der Waals surface area contributed by atoms with E-state index in [1.807, 2.05) is 12.4 Å². The molecular formula is C15H19BrN4. The van der Waals surface area contributed by atoms with E-state index in [-0.39, 0.29) is 0 Å². The van der Waals surface area contributed by atoms with Gasteiger partial charge in [0.15, 0.2) is 0 Å². The molecule has 0 amide bonds. The van der Waals surface area contributed by atoms with Gasteiger partial charge in [0.25, 0.3) is 0 Å². The monoisotopic (exact) mass is 334 g/mol. The molecule has 1 aliphatic rings. The number of unbranched alkanes of at least 4 members (excludes halogenated alkanes) is 1. The number of nitrogens with zero attached hydrogens (tertiary/aromatic N) is 3. The summed E-state index contributed by atoms with van der Waals surface area (Å²) in [6.45, 7) is 3.19. The van der Waals surface area contributed by atoms with E-state index in [4.69, 9.17) is 5.10 Å². The second-order valence-corrected chi connectivity index (χ2v) is 5.96. The Hall–Kier alpha value is -1.36. The first kappa shape index (κ1) is 13.6. The summed E-state index contributed by atoms with van der Waals surface area (Å²) in [6.07, 6.45) is 8.16. The quantitative estimate of drug-likeness (QED) is 0.924. The predicted octanol–water partition coefficient (Wildman–Crippen LogP) is 3.79. The highest BCUT2D eigenvalue weighted by Crippen LogP contribution is 2.36. The second kappa shape index (κ2) is 5.95. The van der Waals surface area contributed by atoms with Crippen LogP contribution in [0.15, 0.2) is 29.0 Å². The molecule has 1 N–H and O–H groups in total. The van der Waals surface area contributed by atoms with Crippen LogP contribution in [0.25, 0.3) is 0 Å².